The van der Waals surface area contributed by atoms with Crippen molar-refractivity contribution in [3.05, 3.63) is 33.9 Å². The predicted octanol–water partition coefficient (Wildman–Crippen LogP) is 3.10. The van der Waals surface area contributed by atoms with Crippen LogP contribution >= 0.6 is 11.8 Å². The van der Waals surface area contributed by atoms with E-state index in [0.29, 0.717) is 10.5 Å². The van der Waals surface area contributed by atoms with Gasteiger partial charge in [0.25, 0.3) is 5.69 Å². The molecule has 0 heterocycles. The van der Waals surface area contributed by atoms with E-state index < -0.39 is 16.1 Å². The zero-order valence-electron chi connectivity index (χ0n) is 10.4. The number of carboxylic acids is 1. The molecule has 0 bridgehead atoms. The molecular weight excluding hydrogens is 254 g/mol. The number of thioether (sulfide) groups is 1. The van der Waals surface area contributed by atoms with Crippen molar-refractivity contribution in [1.29, 1.82) is 0 Å². The molecule has 1 atom stereocenters. The van der Waals surface area contributed by atoms with Crippen molar-refractivity contribution in [2.45, 2.75) is 30.9 Å². The maximum atomic E-state index is 11.1. The summed E-state index contributed by atoms with van der Waals surface area (Å²) in [7, 11) is 0. The molecule has 1 N–H and O–H groups in total. The molecule has 0 amide bonds. The van der Waals surface area contributed by atoms with Crippen molar-refractivity contribution in [3.63, 3.8) is 0 Å². The van der Waals surface area contributed by atoms with Crippen LogP contribution in [0.3, 0.4) is 0 Å². The minimum atomic E-state index is -0.904. The SMILES string of the molecule is Cc1ccc(SC(C(=O)O)C(C)C)cc1[N+](=O)[O-]. The molecule has 1 unspecified atom stereocenters. The highest BCUT2D eigenvalue weighted by Crippen LogP contribution is 2.31. The van der Waals surface area contributed by atoms with Crippen molar-refractivity contribution < 1.29 is 14.8 Å². The van der Waals surface area contributed by atoms with Gasteiger partial charge < -0.3 is 5.11 Å². The molecular formula is C12H15NO4S. The van der Waals surface area contributed by atoms with Gasteiger partial charge in [0.15, 0.2) is 0 Å². The third-order valence-electron chi connectivity index (χ3n) is 2.49. The molecule has 98 valence electrons. The Bertz CT molecular complexity index is 473. The van der Waals surface area contributed by atoms with Crippen molar-refractivity contribution >= 4 is 23.4 Å². The van der Waals surface area contributed by atoms with Crippen LogP contribution in [0.15, 0.2) is 23.1 Å². The molecule has 5 nitrogen and oxygen atoms in total. The maximum absolute atomic E-state index is 11.1. The number of nitrogens with zero attached hydrogens (tertiary/aromatic N) is 1. The summed E-state index contributed by atoms with van der Waals surface area (Å²) in [5.41, 5.74) is 0.591. The predicted molar refractivity (Wildman–Crippen MR) is 70.0 cm³/mol. The summed E-state index contributed by atoms with van der Waals surface area (Å²) in [6, 6.07) is 4.78. The highest BCUT2D eigenvalue weighted by atomic mass is 32.2. The maximum Gasteiger partial charge on any atom is 0.317 e. The number of nitro benzene ring substituents is 1. The van der Waals surface area contributed by atoms with Gasteiger partial charge in [0.1, 0.15) is 5.25 Å². The van der Waals surface area contributed by atoms with Crippen LogP contribution in [0.5, 0.6) is 0 Å². The Morgan fingerprint density at radius 3 is 2.50 bits per heavy atom. The van der Waals surface area contributed by atoms with E-state index >= 15 is 0 Å². The number of hydrogen-bond donors (Lipinski definition) is 1. The van der Waals surface area contributed by atoms with Gasteiger partial charge in [-0.25, -0.2) is 0 Å². The lowest BCUT2D eigenvalue weighted by Gasteiger charge is -2.15. The number of benzene rings is 1. The molecule has 0 radical (unpaired) electrons. The number of hydrogen-bond acceptors (Lipinski definition) is 4. The molecule has 0 saturated carbocycles. The molecule has 0 aromatic heterocycles. The second kappa shape index (κ2) is 5.86. The van der Waals surface area contributed by atoms with Gasteiger partial charge in [-0.2, -0.15) is 0 Å². The minimum absolute atomic E-state index is 0.0212. The van der Waals surface area contributed by atoms with Crippen LogP contribution in [0.2, 0.25) is 0 Å². The van der Waals surface area contributed by atoms with Crippen LogP contribution in [0.4, 0.5) is 5.69 Å². The van der Waals surface area contributed by atoms with Gasteiger partial charge in [0.2, 0.25) is 0 Å². The number of carbonyl (C=O) groups is 1. The van der Waals surface area contributed by atoms with Crippen molar-refractivity contribution in [2.75, 3.05) is 0 Å². The standard InChI is InChI=1S/C12H15NO4S/c1-7(2)11(12(14)15)18-9-5-4-8(3)10(6-9)13(16)17/h4-7,11H,1-3H3,(H,14,15). The fourth-order valence-electron chi connectivity index (χ4n) is 1.48. The third-order valence-corrected chi connectivity index (χ3v) is 4.02. The van der Waals surface area contributed by atoms with E-state index in [-0.39, 0.29) is 11.6 Å². The smallest absolute Gasteiger partial charge is 0.317 e. The van der Waals surface area contributed by atoms with Gasteiger partial charge in [0.05, 0.1) is 4.92 Å². The van der Waals surface area contributed by atoms with Gasteiger partial charge in [-0.05, 0) is 18.9 Å². The second-order valence-electron chi connectivity index (χ2n) is 4.33. The van der Waals surface area contributed by atoms with Crippen LogP contribution in [0, 0.1) is 23.0 Å². The summed E-state index contributed by atoms with van der Waals surface area (Å²) < 4.78 is 0. The van der Waals surface area contributed by atoms with E-state index in [0.717, 1.165) is 11.8 Å². The molecule has 18 heavy (non-hydrogen) atoms. The van der Waals surface area contributed by atoms with Crippen molar-refractivity contribution in [1.82, 2.24) is 0 Å². The Hall–Kier alpha value is -1.56. The van der Waals surface area contributed by atoms with E-state index in [1.807, 2.05) is 13.8 Å². The molecule has 6 heteroatoms. The molecule has 0 aliphatic carbocycles. The molecule has 0 saturated heterocycles. The number of aryl methyl sites for hydroxylation is 1. The number of carboxylic acid groups (broad SMARTS) is 1. The van der Waals surface area contributed by atoms with Crippen LogP contribution in [-0.4, -0.2) is 21.2 Å². The Balaban J connectivity index is 3.01. The molecule has 1 rings (SSSR count). The average Bonchev–Trinajstić information content (AvgIpc) is 2.26. The lowest BCUT2D eigenvalue weighted by molar-refractivity contribution is -0.385. The fourth-order valence-corrected chi connectivity index (χ4v) is 2.47. The molecule has 0 aliphatic rings. The Labute approximate surface area is 109 Å². The zero-order chi connectivity index (χ0) is 13.9. The lowest BCUT2D eigenvalue weighted by Crippen LogP contribution is -2.22. The average molecular weight is 269 g/mol. The van der Waals surface area contributed by atoms with Gasteiger partial charge in [0, 0.05) is 16.5 Å². The first-order valence-electron chi connectivity index (χ1n) is 5.47. The normalized spacial score (nSPS) is 12.4. The Morgan fingerprint density at radius 2 is 2.06 bits per heavy atom. The van der Waals surface area contributed by atoms with Gasteiger partial charge in [-0.3, -0.25) is 14.9 Å². The number of nitro groups is 1. The monoisotopic (exact) mass is 269 g/mol. The molecule has 1 aromatic rings. The van der Waals surface area contributed by atoms with Crippen LogP contribution in [0.25, 0.3) is 0 Å². The van der Waals surface area contributed by atoms with E-state index in [1.54, 1.807) is 19.1 Å². The van der Waals surface area contributed by atoms with E-state index in [9.17, 15) is 14.9 Å². The van der Waals surface area contributed by atoms with E-state index in [2.05, 4.69) is 0 Å². The molecule has 0 spiro atoms. The Morgan fingerprint density at radius 1 is 1.44 bits per heavy atom. The van der Waals surface area contributed by atoms with Crippen LogP contribution in [-0.2, 0) is 4.79 Å². The van der Waals surface area contributed by atoms with Gasteiger partial charge >= 0.3 is 5.97 Å². The summed E-state index contributed by atoms with van der Waals surface area (Å²) in [5.74, 6) is -0.953. The highest BCUT2D eigenvalue weighted by Gasteiger charge is 2.23. The van der Waals surface area contributed by atoms with E-state index in [1.165, 1.54) is 6.07 Å². The van der Waals surface area contributed by atoms with Gasteiger partial charge in [-0.1, -0.05) is 19.9 Å². The summed E-state index contributed by atoms with van der Waals surface area (Å²) in [4.78, 5) is 22.0. The van der Waals surface area contributed by atoms with Crippen molar-refractivity contribution in [2.24, 2.45) is 5.92 Å². The first-order valence-corrected chi connectivity index (χ1v) is 6.35. The second-order valence-corrected chi connectivity index (χ2v) is 5.54. The minimum Gasteiger partial charge on any atom is -0.480 e. The Kier molecular flexibility index (Phi) is 4.72. The van der Waals surface area contributed by atoms with Crippen molar-refractivity contribution in [3.8, 4) is 0 Å². The first-order chi connectivity index (χ1) is 8.32. The largest absolute Gasteiger partial charge is 0.480 e. The number of rotatable bonds is 5. The summed E-state index contributed by atoms with van der Waals surface area (Å²) in [6.45, 7) is 5.28. The molecule has 1 aromatic carbocycles. The summed E-state index contributed by atoms with van der Waals surface area (Å²) in [5, 5.41) is 19.3. The quantitative estimate of drug-likeness (QED) is 0.504. The third kappa shape index (κ3) is 3.46. The van der Waals surface area contributed by atoms with Gasteiger partial charge in [-0.15, -0.1) is 11.8 Å². The summed E-state index contributed by atoms with van der Waals surface area (Å²) >= 11 is 1.14. The summed E-state index contributed by atoms with van der Waals surface area (Å²) in [6.07, 6.45) is 0. The van der Waals surface area contributed by atoms with Crippen LogP contribution < -0.4 is 0 Å². The zero-order valence-corrected chi connectivity index (χ0v) is 11.2. The van der Waals surface area contributed by atoms with Crippen LogP contribution in [0.1, 0.15) is 19.4 Å². The fraction of sp³-hybridized carbons (Fsp3) is 0.417. The van der Waals surface area contributed by atoms with E-state index in [4.69, 9.17) is 5.11 Å². The molecule has 0 aliphatic heterocycles. The molecule has 0 fully saturated rings. The first kappa shape index (κ1) is 14.5. The highest BCUT2D eigenvalue weighted by molar-refractivity contribution is 8.00. The topological polar surface area (TPSA) is 80.4 Å². The lowest BCUT2D eigenvalue weighted by atomic mass is 10.1. The number of aliphatic carboxylic acids is 1.